The molecule has 1 aliphatic heterocycles. The van der Waals surface area contributed by atoms with Crippen molar-refractivity contribution >= 4 is 5.97 Å². The number of carboxylic acids is 1. The summed E-state index contributed by atoms with van der Waals surface area (Å²) in [7, 11) is 1.56. The molecule has 0 fully saturated rings. The quantitative estimate of drug-likeness (QED) is 0.364. The first-order chi connectivity index (χ1) is 18.8. The van der Waals surface area contributed by atoms with Crippen molar-refractivity contribution < 1.29 is 24.5 Å². The average molecular weight is 530 g/mol. The Morgan fingerprint density at radius 3 is 2.64 bits per heavy atom. The standard InChI is InChI=1S/C31H35N3O5/c1-5-34(6-2)18-23-13-21(9-11-25(23)26-15-29(38-4)33-17-24(26)16-32)27-12-10-20-7-8-22(14-28(20)39-27)30(35)19(3)31(36)37/h7-9,11,13-15,17,19,27,30,35H,5-6,10,12,18H2,1-4H3,(H,36,37)/t19-,27?,30+/m0/s1. The van der Waals surface area contributed by atoms with Gasteiger partial charge >= 0.3 is 5.97 Å². The van der Waals surface area contributed by atoms with E-state index in [1.807, 2.05) is 18.2 Å². The number of methoxy groups -OCH3 is 1. The highest BCUT2D eigenvalue weighted by Gasteiger charge is 2.27. The maximum atomic E-state index is 11.4. The van der Waals surface area contributed by atoms with Crippen molar-refractivity contribution in [3.8, 4) is 28.8 Å². The van der Waals surface area contributed by atoms with Crippen LogP contribution in [0.1, 0.15) is 67.2 Å². The number of aryl methyl sites for hydroxylation is 1. The lowest BCUT2D eigenvalue weighted by atomic mass is 9.90. The third-order valence-corrected chi connectivity index (χ3v) is 7.53. The molecule has 8 heteroatoms. The molecular formula is C31H35N3O5. The Morgan fingerprint density at radius 2 is 1.97 bits per heavy atom. The summed E-state index contributed by atoms with van der Waals surface area (Å²) in [5, 5.41) is 29.6. The molecule has 2 N–H and O–H groups in total. The maximum Gasteiger partial charge on any atom is 0.309 e. The minimum Gasteiger partial charge on any atom is -0.485 e. The van der Waals surface area contributed by atoms with Crippen LogP contribution in [0.2, 0.25) is 0 Å². The van der Waals surface area contributed by atoms with E-state index >= 15 is 0 Å². The van der Waals surface area contributed by atoms with Crippen LogP contribution in [0.3, 0.4) is 0 Å². The van der Waals surface area contributed by atoms with E-state index in [-0.39, 0.29) is 6.10 Å². The molecule has 1 aliphatic rings. The molecule has 39 heavy (non-hydrogen) atoms. The van der Waals surface area contributed by atoms with Crippen LogP contribution >= 0.6 is 0 Å². The van der Waals surface area contributed by atoms with Gasteiger partial charge in [0.25, 0.3) is 0 Å². The van der Waals surface area contributed by atoms with Crippen LogP contribution in [0, 0.1) is 17.2 Å². The number of carboxylic acid groups (broad SMARTS) is 1. The number of nitriles is 1. The normalized spacial score (nSPS) is 16.1. The van der Waals surface area contributed by atoms with Gasteiger partial charge in [0.05, 0.1) is 24.7 Å². The van der Waals surface area contributed by atoms with Crippen LogP contribution < -0.4 is 9.47 Å². The first-order valence-corrected chi connectivity index (χ1v) is 13.3. The Kier molecular flexibility index (Phi) is 8.85. The van der Waals surface area contributed by atoms with E-state index < -0.39 is 18.0 Å². The monoisotopic (exact) mass is 529 g/mol. The van der Waals surface area contributed by atoms with E-state index in [0.29, 0.717) is 29.3 Å². The van der Waals surface area contributed by atoms with Crippen molar-refractivity contribution in [3.05, 3.63) is 76.5 Å². The molecule has 8 nitrogen and oxygen atoms in total. The van der Waals surface area contributed by atoms with Gasteiger partial charge in [-0.3, -0.25) is 9.69 Å². The lowest BCUT2D eigenvalue weighted by molar-refractivity contribution is -0.145. The number of aromatic nitrogens is 1. The first kappa shape index (κ1) is 28.1. The number of pyridine rings is 1. The molecule has 0 radical (unpaired) electrons. The van der Waals surface area contributed by atoms with Gasteiger partial charge in [0.15, 0.2) is 0 Å². The zero-order valence-corrected chi connectivity index (χ0v) is 22.8. The Hall–Kier alpha value is -3.93. The van der Waals surface area contributed by atoms with Crippen molar-refractivity contribution in [2.24, 2.45) is 5.92 Å². The number of benzene rings is 2. The van der Waals surface area contributed by atoms with Gasteiger partial charge in [0.1, 0.15) is 17.9 Å². The van der Waals surface area contributed by atoms with E-state index in [1.54, 1.807) is 31.5 Å². The van der Waals surface area contributed by atoms with Crippen LogP contribution in [0.4, 0.5) is 0 Å². The fourth-order valence-electron chi connectivity index (χ4n) is 4.98. The van der Waals surface area contributed by atoms with Gasteiger partial charge in [-0.25, -0.2) is 4.98 Å². The zero-order chi connectivity index (χ0) is 28.1. The fraction of sp³-hybridized carbons (Fsp3) is 0.387. The molecule has 1 unspecified atom stereocenters. The SMILES string of the molecule is CCN(CC)Cc1cc(C2CCc3ccc([C@H](O)[C@H](C)C(=O)O)cc3O2)ccc1-c1cc(OC)ncc1C#N. The Balaban J connectivity index is 1.71. The molecule has 0 bridgehead atoms. The summed E-state index contributed by atoms with van der Waals surface area (Å²) >= 11 is 0. The highest BCUT2D eigenvalue weighted by Crippen LogP contribution is 2.39. The van der Waals surface area contributed by atoms with E-state index in [4.69, 9.17) is 9.47 Å². The van der Waals surface area contributed by atoms with Crippen molar-refractivity contribution in [2.75, 3.05) is 20.2 Å². The van der Waals surface area contributed by atoms with Gasteiger partial charge in [-0.15, -0.1) is 0 Å². The largest absolute Gasteiger partial charge is 0.485 e. The minimum absolute atomic E-state index is 0.200. The van der Waals surface area contributed by atoms with Crippen LogP contribution in [-0.2, 0) is 17.8 Å². The Bertz CT molecular complexity index is 1380. The number of ether oxygens (including phenoxy) is 2. The van der Waals surface area contributed by atoms with Crippen molar-refractivity contribution in [3.63, 3.8) is 0 Å². The predicted octanol–water partition coefficient (Wildman–Crippen LogP) is 5.29. The molecule has 4 rings (SSSR count). The van der Waals surface area contributed by atoms with Crippen molar-refractivity contribution in [2.45, 2.75) is 52.4 Å². The molecule has 0 saturated heterocycles. The van der Waals surface area contributed by atoms with Crippen molar-refractivity contribution in [1.82, 2.24) is 9.88 Å². The van der Waals surface area contributed by atoms with Crippen LogP contribution in [0.25, 0.3) is 11.1 Å². The number of aliphatic carboxylic acids is 1. The fourth-order valence-corrected chi connectivity index (χ4v) is 4.98. The van der Waals surface area contributed by atoms with Crippen LogP contribution in [0.15, 0.2) is 48.7 Å². The van der Waals surface area contributed by atoms with E-state index in [2.05, 4.69) is 35.9 Å². The smallest absolute Gasteiger partial charge is 0.309 e. The van der Waals surface area contributed by atoms with Gasteiger partial charge in [-0.05, 0) is 66.7 Å². The topological polar surface area (TPSA) is 116 Å². The third-order valence-electron chi connectivity index (χ3n) is 7.53. The lowest BCUT2D eigenvalue weighted by Crippen LogP contribution is -2.23. The Morgan fingerprint density at radius 1 is 1.21 bits per heavy atom. The van der Waals surface area contributed by atoms with Crippen LogP contribution in [0.5, 0.6) is 11.6 Å². The van der Waals surface area contributed by atoms with E-state index in [0.717, 1.165) is 53.7 Å². The minimum atomic E-state index is -1.12. The van der Waals surface area contributed by atoms with Gasteiger partial charge in [0, 0.05) is 24.4 Å². The highest BCUT2D eigenvalue weighted by molar-refractivity contribution is 5.74. The van der Waals surface area contributed by atoms with E-state index in [1.165, 1.54) is 6.92 Å². The number of hydrogen-bond acceptors (Lipinski definition) is 7. The molecule has 0 amide bonds. The number of nitrogens with zero attached hydrogens (tertiary/aromatic N) is 3. The van der Waals surface area contributed by atoms with Crippen LogP contribution in [-0.4, -0.2) is 46.3 Å². The number of carbonyl (C=O) groups is 1. The highest BCUT2D eigenvalue weighted by atomic mass is 16.5. The molecule has 0 aliphatic carbocycles. The van der Waals surface area contributed by atoms with Crippen molar-refractivity contribution in [1.29, 1.82) is 5.26 Å². The molecular weight excluding hydrogens is 494 g/mol. The molecule has 2 aromatic carbocycles. The summed E-state index contributed by atoms with van der Waals surface area (Å²) in [5.41, 5.74) is 5.87. The van der Waals surface area contributed by atoms with Gasteiger partial charge in [0.2, 0.25) is 5.88 Å². The predicted molar refractivity (Wildman–Crippen MR) is 147 cm³/mol. The molecule has 2 heterocycles. The van der Waals surface area contributed by atoms with E-state index in [9.17, 15) is 20.3 Å². The first-order valence-electron chi connectivity index (χ1n) is 13.3. The Labute approximate surface area is 229 Å². The maximum absolute atomic E-state index is 11.4. The molecule has 3 atom stereocenters. The molecule has 204 valence electrons. The molecule has 0 saturated carbocycles. The number of aliphatic hydroxyl groups excluding tert-OH is 1. The summed E-state index contributed by atoms with van der Waals surface area (Å²) in [6.07, 6.45) is 1.81. The zero-order valence-electron chi connectivity index (χ0n) is 22.8. The number of rotatable bonds is 10. The van der Waals surface area contributed by atoms with Gasteiger partial charge in [-0.2, -0.15) is 5.26 Å². The second-order valence-electron chi connectivity index (χ2n) is 9.85. The second kappa shape index (κ2) is 12.3. The number of fused-ring (bicyclic) bond motifs is 1. The molecule has 0 spiro atoms. The summed E-state index contributed by atoms with van der Waals surface area (Å²) in [4.78, 5) is 17.9. The third kappa shape index (κ3) is 6.06. The summed E-state index contributed by atoms with van der Waals surface area (Å²) in [6.45, 7) is 8.23. The summed E-state index contributed by atoms with van der Waals surface area (Å²) in [6, 6.07) is 15.7. The molecule has 1 aromatic heterocycles. The average Bonchev–Trinajstić information content (AvgIpc) is 2.97. The molecule has 3 aromatic rings. The van der Waals surface area contributed by atoms with Gasteiger partial charge in [-0.1, -0.05) is 44.2 Å². The number of hydrogen-bond donors (Lipinski definition) is 2. The summed E-state index contributed by atoms with van der Waals surface area (Å²) < 4.78 is 11.8. The second-order valence-corrected chi connectivity index (χ2v) is 9.85. The summed E-state index contributed by atoms with van der Waals surface area (Å²) in [5.74, 6) is -0.862. The van der Waals surface area contributed by atoms with Gasteiger partial charge < -0.3 is 19.7 Å². The number of aliphatic hydroxyl groups is 1. The lowest BCUT2D eigenvalue weighted by Gasteiger charge is -2.29.